The lowest BCUT2D eigenvalue weighted by atomic mass is 9.86. The van der Waals surface area contributed by atoms with Crippen molar-refractivity contribution in [2.24, 2.45) is 0 Å². The molecule has 2 rings (SSSR count). The largest absolute Gasteiger partial charge is 0.480 e. The highest BCUT2D eigenvalue weighted by Gasteiger charge is 2.36. The SMILES string of the molecule is CCN(CC(=O)O)C1CC(NS(=O)(=O)c2ccc(Br)cc2)C1. The number of nitrogens with zero attached hydrogens (tertiary/aromatic N) is 1. The number of carbonyl (C=O) groups is 1. The van der Waals surface area contributed by atoms with Crippen molar-refractivity contribution in [2.75, 3.05) is 13.1 Å². The van der Waals surface area contributed by atoms with E-state index in [1.54, 1.807) is 24.3 Å². The van der Waals surface area contributed by atoms with Gasteiger partial charge in [-0.25, -0.2) is 13.1 Å². The number of likely N-dealkylation sites (N-methyl/N-ethyl adjacent to an activating group) is 1. The van der Waals surface area contributed by atoms with Crippen LogP contribution in [0.15, 0.2) is 33.6 Å². The van der Waals surface area contributed by atoms with Gasteiger partial charge in [0.2, 0.25) is 10.0 Å². The van der Waals surface area contributed by atoms with Crippen LogP contribution in [0, 0.1) is 0 Å². The monoisotopic (exact) mass is 390 g/mol. The number of carboxylic acids is 1. The summed E-state index contributed by atoms with van der Waals surface area (Å²) in [6, 6.07) is 6.45. The van der Waals surface area contributed by atoms with Gasteiger partial charge in [0.25, 0.3) is 0 Å². The smallest absolute Gasteiger partial charge is 0.317 e. The van der Waals surface area contributed by atoms with E-state index >= 15 is 0 Å². The second kappa shape index (κ2) is 7.08. The number of sulfonamides is 1. The minimum absolute atomic E-state index is 0.00660. The number of benzene rings is 1. The van der Waals surface area contributed by atoms with Crippen molar-refractivity contribution in [3.8, 4) is 0 Å². The van der Waals surface area contributed by atoms with Crippen LogP contribution in [0.2, 0.25) is 0 Å². The molecule has 0 unspecified atom stereocenters. The Hall–Kier alpha value is -0.960. The lowest BCUT2D eigenvalue weighted by Gasteiger charge is -2.42. The van der Waals surface area contributed by atoms with Gasteiger partial charge in [0.15, 0.2) is 0 Å². The summed E-state index contributed by atoms with van der Waals surface area (Å²) in [5.41, 5.74) is 0. The first-order chi connectivity index (χ1) is 10.3. The molecule has 0 bridgehead atoms. The van der Waals surface area contributed by atoms with Crippen molar-refractivity contribution in [1.29, 1.82) is 0 Å². The molecule has 1 aliphatic rings. The van der Waals surface area contributed by atoms with Gasteiger partial charge in [0, 0.05) is 16.6 Å². The molecule has 0 saturated heterocycles. The average Bonchev–Trinajstić information content (AvgIpc) is 2.40. The molecule has 0 aromatic heterocycles. The fourth-order valence-electron chi connectivity index (χ4n) is 2.56. The number of hydrogen-bond donors (Lipinski definition) is 2. The number of halogens is 1. The van der Waals surface area contributed by atoms with Crippen molar-refractivity contribution < 1.29 is 18.3 Å². The molecule has 1 fully saturated rings. The van der Waals surface area contributed by atoms with Gasteiger partial charge < -0.3 is 5.11 Å². The second-order valence-corrected chi connectivity index (χ2v) is 7.98. The lowest BCUT2D eigenvalue weighted by molar-refractivity contribution is -0.139. The van der Waals surface area contributed by atoms with Crippen LogP contribution in [0.4, 0.5) is 0 Å². The maximum Gasteiger partial charge on any atom is 0.317 e. The highest BCUT2D eigenvalue weighted by atomic mass is 79.9. The Morgan fingerprint density at radius 1 is 1.36 bits per heavy atom. The lowest BCUT2D eigenvalue weighted by Crippen LogP contribution is -2.54. The third-order valence-corrected chi connectivity index (χ3v) is 5.88. The molecule has 2 N–H and O–H groups in total. The molecule has 8 heteroatoms. The van der Waals surface area contributed by atoms with E-state index in [9.17, 15) is 13.2 Å². The van der Waals surface area contributed by atoms with Crippen molar-refractivity contribution >= 4 is 31.9 Å². The van der Waals surface area contributed by atoms with E-state index in [1.165, 1.54) is 0 Å². The van der Waals surface area contributed by atoms with Crippen LogP contribution in [0.3, 0.4) is 0 Å². The quantitative estimate of drug-likeness (QED) is 0.739. The highest BCUT2D eigenvalue weighted by molar-refractivity contribution is 9.10. The zero-order valence-electron chi connectivity index (χ0n) is 12.2. The molecule has 1 saturated carbocycles. The Balaban J connectivity index is 1.91. The molecule has 1 aromatic carbocycles. The van der Waals surface area contributed by atoms with Crippen LogP contribution >= 0.6 is 15.9 Å². The highest BCUT2D eigenvalue weighted by Crippen LogP contribution is 2.27. The molecule has 1 aliphatic carbocycles. The third-order valence-electron chi connectivity index (χ3n) is 3.82. The molecular weight excluding hydrogens is 372 g/mol. The predicted molar refractivity (Wildman–Crippen MR) is 86.2 cm³/mol. The Labute approximate surface area is 138 Å². The Morgan fingerprint density at radius 2 is 1.95 bits per heavy atom. The minimum Gasteiger partial charge on any atom is -0.480 e. The Morgan fingerprint density at radius 3 is 2.45 bits per heavy atom. The van der Waals surface area contributed by atoms with Crippen LogP contribution in [0.1, 0.15) is 19.8 Å². The summed E-state index contributed by atoms with van der Waals surface area (Å²) >= 11 is 3.27. The molecule has 0 aliphatic heterocycles. The fourth-order valence-corrected chi connectivity index (χ4v) is 4.08. The van der Waals surface area contributed by atoms with E-state index < -0.39 is 16.0 Å². The summed E-state index contributed by atoms with van der Waals surface area (Å²) in [4.78, 5) is 12.9. The van der Waals surface area contributed by atoms with Crippen LogP contribution in [0.5, 0.6) is 0 Å². The Kier molecular flexibility index (Phi) is 5.60. The zero-order chi connectivity index (χ0) is 16.3. The fraction of sp³-hybridized carbons (Fsp3) is 0.500. The molecule has 0 heterocycles. The van der Waals surface area contributed by atoms with Crippen LogP contribution in [-0.4, -0.2) is 49.6 Å². The van der Waals surface area contributed by atoms with E-state index in [1.807, 2.05) is 11.8 Å². The normalized spacial score (nSPS) is 21.6. The molecule has 0 radical (unpaired) electrons. The van der Waals surface area contributed by atoms with Gasteiger partial charge in [0.05, 0.1) is 11.4 Å². The number of nitrogens with one attached hydrogen (secondary N) is 1. The van der Waals surface area contributed by atoms with Gasteiger partial charge in [-0.1, -0.05) is 22.9 Å². The number of carboxylic acid groups (broad SMARTS) is 1. The van der Waals surface area contributed by atoms with E-state index in [2.05, 4.69) is 20.7 Å². The van der Waals surface area contributed by atoms with E-state index in [-0.39, 0.29) is 23.5 Å². The Bertz CT molecular complexity index is 627. The molecule has 6 nitrogen and oxygen atoms in total. The summed E-state index contributed by atoms with van der Waals surface area (Å²) in [5.74, 6) is -0.860. The molecule has 0 spiro atoms. The first-order valence-electron chi connectivity index (χ1n) is 7.05. The van der Waals surface area contributed by atoms with E-state index in [0.29, 0.717) is 19.4 Å². The first-order valence-corrected chi connectivity index (χ1v) is 9.33. The maximum absolute atomic E-state index is 12.2. The molecule has 0 amide bonds. The van der Waals surface area contributed by atoms with Gasteiger partial charge in [-0.15, -0.1) is 0 Å². The number of aliphatic carboxylic acids is 1. The first kappa shape index (κ1) is 17.4. The standard InChI is InChI=1S/C14H19BrN2O4S/c1-2-17(9-14(18)19)12-7-11(8-12)16-22(20,21)13-5-3-10(15)4-6-13/h3-6,11-12,16H,2,7-9H2,1H3,(H,18,19). The molecule has 1 aromatic rings. The van der Waals surface area contributed by atoms with Crippen molar-refractivity contribution in [3.63, 3.8) is 0 Å². The molecule has 0 atom stereocenters. The summed E-state index contributed by atoms with van der Waals surface area (Å²) in [5, 5.41) is 8.85. The van der Waals surface area contributed by atoms with Gasteiger partial charge in [-0.05, 0) is 43.7 Å². The van der Waals surface area contributed by atoms with Crippen LogP contribution in [0.25, 0.3) is 0 Å². The third kappa shape index (κ3) is 4.28. The van der Waals surface area contributed by atoms with Crippen molar-refractivity contribution in [2.45, 2.75) is 36.7 Å². The van der Waals surface area contributed by atoms with Gasteiger partial charge in [-0.2, -0.15) is 0 Å². The van der Waals surface area contributed by atoms with Gasteiger partial charge in [0.1, 0.15) is 0 Å². The van der Waals surface area contributed by atoms with Crippen molar-refractivity contribution in [1.82, 2.24) is 9.62 Å². The van der Waals surface area contributed by atoms with Crippen LogP contribution in [-0.2, 0) is 14.8 Å². The summed E-state index contributed by atoms with van der Waals surface area (Å²) in [7, 11) is -3.52. The predicted octanol–water partition coefficient (Wildman–Crippen LogP) is 1.66. The van der Waals surface area contributed by atoms with E-state index in [0.717, 1.165) is 4.47 Å². The van der Waals surface area contributed by atoms with Gasteiger partial charge >= 0.3 is 5.97 Å². The topological polar surface area (TPSA) is 86.7 Å². The maximum atomic E-state index is 12.2. The number of rotatable bonds is 7. The van der Waals surface area contributed by atoms with E-state index in [4.69, 9.17) is 5.11 Å². The van der Waals surface area contributed by atoms with Gasteiger partial charge in [-0.3, -0.25) is 9.69 Å². The molecule has 22 heavy (non-hydrogen) atoms. The molecular formula is C14H19BrN2O4S. The number of hydrogen-bond acceptors (Lipinski definition) is 4. The average molecular weight is 391 g/mol. The van der Waals surface area contributed by atoms with Crippen molar-refractivity contribution in [3.05, 3.63) is 28.7 Å². The minimum atomic E-state index is -3.52. The zero-order valence-corrected chi connectivity index (χ0v) is 14.6. The second-order valence-electron chi connectivity index (χ2n) is 5.35. The molecule has 122 valence electrons. The summed E-state index contributed by atoms with van der Waals surface area (Å²) in [6.45, 7) is 2.54. The summed E-state index contributed by atoms with van der Waals surface area (Å²) in [6.07, 6.45) is 1.27. The summed E-state index contributed by atoms with van der Waals surface area (Å²) < 4.78 is 28.0. The van der Waals surface area contributed by atoms with Crippen LogP contribution < -0.4 is 4.72 Å².